The molecule has 96 valence electrons. The minimum Gasteiger partial charge on any atom is -0.480 e. The largest absolute Gasteiger partial charge is 0.480 e. The first kappa shape index (κ1) is 15.7. The lowest BCUT2D eigenvalue weighted by molar-refractivity contribution is -0.139. The zero-order valence-corrected chi connectivity index (χ0v) is 10.3. The van der Waals surface area contributed by atoms with Gasteiger partial charge in [-0.15, -0.1) is 0 Å². The number of rotatable bonds is 11. The number of aliphatic hydroxyl groups is 1. The van der Waals surface area contributed by atoms with Crippen molar-refractivity contribution in [2.75, 3.05) is 31.2 Å². The van der Waals surface area contributed by atoms with Crippen LogP contribution in [-0.4, -0.2) is 53.4 Å². The van der Waals surface area contributed by atoms with Crippen molar-refractivity contribution >= 4 is 17.7 Å². The number of nitrogens with one attached hydrogen (secondary N) is 1. The third-order valence-electron chi connectivity index (χ3n) is 2.12. The molecule has 0 aromatic rings. The molecule has 5 nitrogen and oxygen atoms in total. The molecule has 0 unspecified atom stereocenters. The average molecular weight is 250 g/mol. The van der Waals surface area contributed by atoms with Gasteiger partial charge in [-0.3, -0.25) is 4.79 Å². The summed E-state index contributed by atoms with van der Waals surface area (Å²) in [6, 6.07) is -0.471. The second-order valence-electron chi connectivity index (χ2n) is 3.47. The number of carboxylic acid groups (broad SMARTS) is 1. The molecule has 0 rings (SSSR count). The third kappa shape index (κ3) is 8.96. The van der Waals surface area contributed by atoms with E-state index in [0.29, 0.717) is 25.3 Å². The number of carbonyl (C=O) groups is 1. The maximum Gasteiger partial charge on any atom is 0.320 e. The molecule has 0 bridgehead atoms. The van der Waals surface area contributed by atoms with Crippen LogP contribution in [0.2, 0.25) is 0 Å². The third-order valence-corrected chi connectivity index (χ3v) is 3.08. The van der Waals surface area contributed by atoms with Crippen molar-refractivity contribution in [2.24, 2.45) is 5.73 Å². The van der Waals surface area contributed by atoms with Gasteiger partial charge in [-0.05, 0) is 19.4 Å². The summed E-state index contributed by atoms with van der Waals surface area (Å²) in [5, 5.41) is 20.5. The van der Waals surface area contributed by atoms with Crippen LogP contribution in [0.4, 0.5) is 0 Å². The zero-order valence-electron chi connectivity index (χ0n) is 9.52. The van der Waals surface area contributed by atoms with Gasteiger partial charge in [0.05, 0.1) is 6.61 Å². The molecule has 0 aromatic heterocycles. The Morgan fingerprint density at radius 1 is 1.38 bits per heavy atom. The highest BCUT2D eigenvalue weighted by molar-refractivity contribution is 7.99. The highest BCUT2D eigenvalue weighted by Gasteiger charge is 2.15. The highest BCUT2D eigenvalue weighted by atomic mass is 32.2. The normalized spacial score (nSPS) is 12.6. The van der Waals surface area contributed by atoms with Crippen LogP contribution in [0.25, 0.3) is 0 Å². The van der Waals surface area contributed by atoms with E-state index in [0.717, 1.165) is 18.6 Å². The molecule has 0 saturated heterocycles. The van der Waals surface area contributed by atoms with Crippen LogP contribution in [0.15, 0.2) is 0 Å². The molecular formula is C10H22N2O3S. The van der Waals surface area contributed by atoms with Gasteiger partial charge in [0.1, 0.15) is 6.04 Å². The van der Waals surface area contributed by atoms with Gasteiger partial charge in [0.2, 0.25) is 0 Å². The van der Waals surface area contributed by atoms with Crippen LogP contribution in [-0.2, 0) is 4.79 Å². The lowest BCUT2D eigenvalue weighted by Gasteiger charge is -2.13. The number of carboxylic acids is 1. The molecule has 0 aliphatic rings. The summed E-state index contributed by atoms with van der Waals surface area (Å²) < 4.78 is 0. The predicted molar refractivity (Wildman–Crippen MR) is 66.7 cm³/mol. The lowest BCUT2D eigenvalue weighted by atomic mass is 10.1. The van der Waals surface area contributed by atoms with Gasteiger partial charge in [-0.2, -0.15) is 11.8 Å². The molecule has 16 heavy (non-hydrogen) atoms. The van der Waals surface area contributed by atoms with E-state index in [9.17, 15) is 4.79 Å². The molecule has 0 aliphatic heterocycles. The standard InChI is InChI=1S/C10H22N2O3S/c11-4-2-1-3-9(10(14)15)12-5-7-16-8-6-13/h9,12-13H,1-8,11H2,(H,14,15)/t9-/m0/s1. The smallest absolute Gasteiger partial charge is 0.320 e. The fourth-order valence-electron chi connectivity index (χ4n) is 1.28. The summed E-state index contributed by atoms with van der Waals surface area (Å²) in [6.45, 7) is 1.44. The van der Waals surface area contributed by atoms with Crippen molar-refractivity contribution in [3.63, 3.8) is 0 Å². The maximum absolute atomic E-state index is 10.9. The summed E-state index contributed by atoms with van der Waals surface area (Å²) in [7, 11) is 0. The zero-order chi connectivity index (χ0) is 12.2. The Hall–Kier alpha value is -0.300. The van der Waals surface area contributed by atoms with Crippen molar-refractivity contribution in [3.8, 4) is 0 Å². The molecule has 0 aliphatic carbocycles. The van der Waals surface area contributed by atoms with Crippen molar-refractivity contribution < 1.29 is 15.0 Å². The van der Waals surface area contributed by atoms with Crippen LogP contribution < -0.4 is 11.1 Å². The van der Waals surface area contributed by atoms with Crippen LogP contribution in [0.3, 0.4) is 0 Å². The van der Waals surface area contributed by atoms with E-state index in [1.165, 1.54) is 0 Å². The van der Waals surface area contributed by atoms with Crippen LogP contribution in [0, 0.1) is 0 Å². The van der Waals surface area contributed by atoms with E-state index >= 15 is 0 Å². The highest BCUT2D eigenvalue weighted by Crippen LogP contribution is 2.02. The van der Waals surface area contributed by atoms with Gasteiger partial charge in [0.25, 0.3) is 0 Å². The molecule has 0 fully saturated rings. The molecule has 1 atom stereocenters. The summed E-state index contributed by atoms with van der Waals surface area (Å²) in [6.07, 6.45) is 2.33. The summed E-state index contributed by atoms with van der Waals surface area (Å²) in [5.74, 6) is 0.720. The minimum absolute atomic E-state index is 0.170. The number of unbranched alkanes of at least 4 members (excludes halogenated alkanes) is 1. The first-order valence-corrected chi connectivity index (χ1v) is 6.72. The molecule has 6 heteroatoms. The van der Waals surface area contributed by atoms with Crippen LogP contribution >= 0.6 is 11.8 Å². The van der Waals surface area contributed by atoms with Crippen molar-refractivity contribution in [3.05, 3.63) is 0 Å². The number of aliphatic hydroxyl groups excluding tert-OH is 1. The van der Waals surface area contributed by atoms with Gasteiger partial charge in [-0.1, -0.05) is 6.42 Å². The van der Waals surface area contributed by atoms with Gasteiger partial charge < -0.3 is 21.3 Å². The fourth-order valence-corrected chi connectivity index (χ4v) is 1.87. The number of thioether (sulfide) groups is 1. The maximum atomic E-state index is 10.9. The second-order valence-corrected chi connectivity index (χ2v) is 4.69. The molecule has 0 aromatic carbocycles. The minimum atomic E-state index is -0.802. The number of hydrogen-bond donors (Lipinski definition) is 4. The van der Waals surface area contributed by atoms with E-state index in [4.69, 9.17) is 15.9 Å². The van der Waals surface area contributed by atoms with Crippen LogP contribution in [0.1, 0.15) is 19.3 Å². The number of nitrogens with two attached hydrogens (primary N) is 1. The lowest BCUT2D eigenvalue weighted by Crippen LogP contribution is -2.38. The number of aliphatic carboxylic acids is 1. The average Bonchev–Trinajstić information content (AvgIpc) is 2.26. The van der Waals surface area contributed by atoms with Gasteiger partial charge in [0.15, 0.2) is 0 Å². The van der Waals surface area contributed by atoms with Crippen molar-refractivity contribution in [1.29, 1.82) is 0 Å². The SMILES string of the molecule is NCCCC[C@H](NCCSCCO)C(=O)O. The predicted octanol–water partition coefficient (Wildman–Crippen LogP) is -0.116. The van der Waals surface area contributed by atoms with E-state index in [1.54, 1.807) is 11.8 Å². The van der Waals surface area contributed by atoms with Crippen LogP contribution in [0.5, 0.6) is 0 Å². The van der Waals surface area contributed by atoms with E-state index < -0.39 is 12.0 Å². The first-order chi connectivity index (χ1) is 7.72. The van der Waals surface area contributed by atoms with E-state index in [1.807, 2.05) is 0 Å². The molecule has 0 radical (unpaired) electrons. The summed E-state index contributed by atoms with van der Waals surface area (Å²) >= 11 is 1.61. The Balaban J connectivity index is 3.56. The molecule has 0 amide bonds. The summed E-state index contributed by atoms with van der Waals surface area (Å²) in [4.78, 5) is 10.9. The van der Waals surface area contributed by atoms with Crippen molar-refractivity contribution in [1.82, 2.24) is 5.32 Å². The van der Waals surface area contributed by atoms with Crippen molar-refractivity contribution in [2.45, 2.75) is 25.3 Å². The molecule has 0 spiro atoms. The molecule has 0 heterocycles. The Bertz CT molecular complexity index is 181. The van der Waals surface area contributed by atoms with Gasteiger partial charge in [-0.25, -0.2) is 0 Å². The second kappa shape index (κ2) is 11.2. The van der Waals surface area contributed by atoms with E-state index in [-0.39, 0.29) is 6.61 Å². The Labute approximate surface area is 101 Å². The molecule has 0 saturated carbocycles. The van der Waals surface area contributed by atoms with Gasteiger partial charge >= 0.3 is 5.97 Å². The fraction of sp³-hybridized carbons (Fsp3) is 0.900. The Kier molecular flexibility index (Phi) is 11.0. The quantitative estimate of drug-likeness (QED) is 0.382. The Morgan fingerprint density at radius 3 is 2.69 bits per heavy atom. The van der Waals surface area contributed by atoms with Gasteiger partial charge in [0, 0.05) is 18.1 Å². The van der Waals surface area contributed by atoms with E-state index in [2.05, 4.69) is 5.32 Å². The monoisotopic (exact) mass is 250 g/mol. The number of hydrogen-bond acceptors (Lipinski definition) is 5. The molecule has 5 N–H and O–H groups in total. The summed E-state index contributed by atoms with van der Waals surface area (Å²) in [5.41, 5.74) is 5.35. The topological polar surface area (TPSA) is 95.6 Å². The molecular weight excluding hydrogens is 228 g/mol. The Morgan fingerprint density at radius 2 is 2.12 bits per heavy atom. The first-order valence-electron chi connectivity index (χ1n) is 5.57.